The first kappa shape index (κ1) is 24.0. The van der Waals surface area contributed by atoms with Gasteiger partial charge in [-0.15, -0.1) is 0 Å². The number of sulfonamides is 1. The van der Waals surface area contributed by atoms with Crippen LogP contribution in [0.2, 0.25) is 0 Å². The molecule has 0 radical (unpaired) electrons. The highest BCUT2D eigenvalue weighted by atomic mass is 32.2. The predicted molar refractivity (Wildman–Crippen MR) is 108 cm³/mol. The molecule has 0 bridgehead atoms. The Morgan fingerprint density at radius 1 is 0.935 bits per heavy atom. The molecule has 9 nitrogen and oxygen atoms in total. The summed E-state index contributed by atoms with van der Waals surface area (Å²) < 4.78 is 50.2. The number of benzene rings is 2. The van der Waals surface area contributed by atoms with Gasteiger partial charge >= 0.3 is 11.9 Å². The summed E-state index contributed by atoms with van der Waals surface area (Å²) in [6.45, 7) is 0.0290. The van der Waals surface area contributed by atoms with Crippen LogP contribution in [0, 0.1) is 5.82 Å². The third kappa shape index (κ3) is 6.33. The van der Waals surface area contributed by atoms with Gasteiger partial charge in [0.1, 0.15) is 5.82 Å². The molecule has 2 aromatic rings. The summed E-state index contributed by atoms with van der Waals surface area (Å²) in [7, 11) is -1.85. The summed E-state index contributed by atoms with van der Waals surface area (Å²) in [5, 5.41) is 2.49. The number of nitrogens with one attached hydrogen (secondary N) is 2. The van der Waals surface area contributed by atoms with Gasteiger partial charge in [-0.3, -0.25) is 4.79 Å². The summed E-state index contributed by atoms with van der Waals surface area (Å²) in [5.41, 5.74) is -0.385. The Labute approximate surface area is 178 Å². The summed E-state index contributed by atoms with van der Waals surface area (Å²) in [6, 6.07) is 8.78. The molecular formula is C20H21FN2O7S. The number of carbonyl (C=O) groups is 3. The molecule has 2 aromatic carbocycles. The van der Waals surface area contributed by atoms with Gasteiger partial charge in [0.25, 0.3) is 5.91 Å². The molecule has 0 saturated heterocycles. The zero-order valence-electron chi connectivity index (χ0n) is 16.8. The van der Waals surface area contributed by atoms with E-state index < -0.39 is 33.7 Å². The highest BCUT2D eigenvalue weighted by molar-refractivity contribution is 7.89. The fraction of sp³-hybridized carbons (Fsp3) is 0.250. The first-order valence-corrected chi connectivity index (χ1v) is 10.5. The van der Waals surface area contributed by atoms with Crippen LogP contribution in [0.15, 0.2) is 47.4 Å². The van der Waals surface area contributed by atoms with Crippen LogP contribution in [0.4, 0.5) is 4.39 Å². The van der Waals surface area contributed by atoms with E-state index in [1.807, 2.05) is 0 Å². The van der Waals surface area contributed by atoms with Crippen molar-refractivity contribution < 1.29 is 36.7 Å². The maximum absolute atomic E-state index is 13.6. The fourth-order valence-electron chi connectivity index (χ4n) is 2.55. The maximum atomic E-state index is 13.6. The Morgan fingerprint density at radius 2 is 1.52 bits per heavy atom. The molecule has 2 rings (SSSR count). The minimum Gasteiger partial charge on any atom is -0.465 e. The van der Waals surface area contributed by atoms with E-state index in [0.717, 1.165) is 38.5 Å². The third-order valence-electron chi connectivity index (χ3n) is 4.11. The molecule has 31 heavy (non-hydrogen) atoms. The van der Waals surface area contributed by atoms with Gasteiger partial charge in [-0.05, 0) is 36.8 Å². The van der Waals surface area contributed by atoms with E-state index in [2.05, 4.69) is 19.5 Å². The zero-order valence-corrected chi connectivity index (χ0v) is 17.6. The van der Waals surface area contributed by atoms with E-state index >= 15 is 0 Å². The second kappa shape index (κ2) is 10.6. The van der Waals surface area contributed by atoms with Gasteiger partial charge < -0.3 is 14.8 Å². The number of ether oxygens (including phenoxy) is 2. The van der Waals surface area contributed by atoms with E-state index in [-0.39, 0.29) is 41.1 Å². The van der Waals surface area contributed by atoms with E-state index in [0.29, 0.717) is 0 Å². The van der Waals surface area contributed by atoms with Crippen molar-refractivity contribution in [3.8, 4) is 0 Å². The monoisotopic (exact) mass is 452 g/mol. The lowest BCUT2D eigenvalue weighted by Crippen LogP contribution is -2.30. The minimum absolute atomic E-state index is 0.0596. The topological polar surface area (TPSA) is 128 Å². The average molecular weight is 452 g/mol. The van der Waals surface area contributed by atoms with Gasteiger partial charge in [-0.1, -0.05) is 12.1 Å². The summed E-state index contributed by atoms with van der Waals surface area (Å²) in [4.78, 5) is 35.2. The second-order valence-corrected chi connectivity index (χ2v) is 7.98. The highest BCUT2D eigenvalue weighted by Crippen LogP contribution is 2.17. The standard InChI is InChI=1S/C20H21FN2O7S/c1-29-19(25)13-10-14(20(26)30-2)12-15(11-13)31(27,28)23-9-5-8-22-18(24)16-6-3-4-7-17(16)21/h3-4,6-7,10-12,23H,5,8-9H2,1-2H3,(H,22,24). The SMILES string of the molecule is COC(=O)c1cc(C(=O)OC)cc(S(=O)(=O)NCCCNC(=O)c2ccccc2F)c1. The Bertz CT molecular complexity index is 1050. The number of hydrogen-bond acceptors (Lipinski definition) is 7. The van der Waals surface area contributed by atoms with Gasteiger partial charge in [0.05, 0.1) is 35.8 Å². The van der Waals surface area contributed by atoms with Crippen molar-refractivity contribution >= 4 is 27.9 Å². The molecule has 0 atom stereocenters. The molecule has 166 valence electrons. The molecule has 0 heterocycles. The number of carbonyl (C=O) groups excluding carboxylic acids is 3. The predicted octanol–water partition coefficient (Wildman–Crippen LogP) is 1.50. The van der Waals surface area contributed by atoms with Crippen LogP contribution < -0.4 is 10.0 Å². The average Bonchev–Trinajstić information content (AvgIpc) is 2.77. The van der Waals surface area contributed by atoms with Crippen LogP contribution in [-0.2, 0) is 19.5 Å². The maximum Gasteiger partial charge on any atom is 0.337 e. The molecule has 1 amide bonds. The van der Waals surface area contributed by atoms with Crippen molar-refractivity contribution in [3.05, 3.63) is 65.0 Å². The molecule has 2 N–H and O–H groups in total. The quantitative estimate of drug-likeness (QED) is 0.436. The van der Waals surface area contributed by atoms with Gasteiger partial charge in [0.2, 0.25) is 10.0 Å². The lowest BCUT2D eigenvalue weighted by molar-refractivity contribution is 0.0598. The van der Waals surface area contributed by atoms with Gasteiger partial charge in [0, 0.05) is 13.1 Å². The number of amides is 1. The largest absolute Gasteiger partial charge is 0.465 e. The smallest absolute Gasteiger partial charge is 0.337 e. The van der Waals surface area contributed by atoms with Crippen molar-refractivity contribution in [1.82, 2.24) is 10.0 Å². The highest BCUT2D eigenvalue weighted by Gasteiger charge is 2.21. The molecule has 0 aromatic heterocycles. The molecule has 11 heteroatoms. The number of rotatable bonds is 9. The Balaban J connectivity index is 2.02. The van der Waals surface area contributed by atoms with Crippen molar-refractivity contribution in [3.63, 3.8) is 0 Å². The lowest BCUT2D eigenvalue weighted by atomic mass is 10.1. The van der Waals surface area contributed by atoms with Crippen LogP contribution in [0.25, 0.3) is 0 Å². The van der Waals surface area contributed by atoms with Crippen LogP contribution in [0.3, 0.4) is 0 Å². The minimum atomic E-state index is -4.09. The zero-order chi connectivity index (χ0) is 23.0. The summed E-state index contributed by atoms with van der Waals surface area (Å²) >= 11 is 0. The van der Waals surface area contributed by atoms with E-state index in [9.17, 15) is 27.2 Å². The van der Waals surface area contributed by atoms with Gasteiger partial charge in [0.15, 0.2) is 0 Å². The van der Waals surface area contributed by atoms with Crippen LogP contribution in [0.1, 0.15) is 37.5 Å². The van der Waals surface area contributed by atoms with Crippen molar-refractivity contribution in [2.75, 3.05) is 27.3 Å². The molecule has 0 aliphatic carbocycles. The van der Waals surface area contributed by atoms with E-state index in [1.54, 1.807) is 0 Å². The number of methoxy groups -OCH3 is 2. The second-order valence-electron chi connectivity index (χ2n) is 6.22. The molecular weight excluding hydrogens is 431 g/mol. The van der Waals surface area contributed by atoms with Gasteiger partial charge in [-0.25, -0.2) is 27.1 Å². The number of hydrogen-bond donors (Lipinski definition) is 2. The van der Waals surface area contributed by atoms with Crippen LogP contribution in [0.5, 0.6) is 0 Å². The molecule has 0 fully saturated rings. The van der Waals surface area contributed by atoms with Crippen molar-refractivity contribution in [2.45, 2.75) is 11.3 Å². The number of esters is 2. The molecule has 0 aliphatic heterocycles. The molecule has 0 spiro atoms. The molecule has 0 saturated carbocycles. The van der Waals surface area contributed by atoms with Crippen LogP contribution in [-0.4, -0.2) is 53.6 Å². The van der Waals surface area contributed by atoms with Crippen molar-refractivity contribution in [2.24, 2.45) is 0 Å². The van der Waals surface area contributed by atoms with Gasteiger partial charge in [-0.2, -0.15) is 0 Å². The summed E-state index contributed by atoms with van der Waals surface area (Å²) in [6.07, 6.45) is 0.208. The third-order valence-corrected chi connectivity index (χ3v) is 5.55. The first-order chi connectivity index (χ1) is 14.7. The normalized spacial score (nSPS) is 10.9. The van der Waals surface area contributed by atoms with E-state index in [1.165, 1.54) is 18.2 Å². The molecule has 0 unspecified atom stereocenters. The van der Waals surface area contributed by atoms with E-state index in [4.69, 9.17) is 0 Å². The van der Waals surface area contributed by atoms with Crippen molar-refractivity contribution in [1.29, 1.82) is 0 Å². The Hall–Kier alpha value is -3.31. The molecule has 0 aliphatic rings. The fourth-order valence-corrected chi connectivity index (χ4v) is 3.69. The first-order valence-electron chi connectivity index (χ1n) is 9.03. The Kier molecular flexibility index (Phi) is 8.22. The lowest BCUT2D eigenvalue weighted by Gasteiger charge is -2.10. The number of halogens is 1. The Morgan fingerprint density at radius 3 is 2.06 bits per heavy atom. The van der Waals surface area contributed by atoms with Crippen LogP contribution >= 0.6 is 0 Å². The summed E-state index contributed by atoms with van der Waals surface area (Å²) in [5.74, 6) is -2.92.